The first kappa shape index (κ1) is 14.7. The molecule has 2 aromatic carbocycles. The fourth-order valence-electron chi connectivity index (χ4n) is 3.23. The summed E-state index contributed by atoms with van der Waals surface area (Å²) in [6.07, 6.45) is 0.619. The van der Waals surface area contributed by atoms with Crippen LogP contribution in [0.25, 0.3) is 0 Å². The van der Waals surface area contributed by atoms with Gasteiger partial charge in [0.15, 0.2) is 0 Å². The minimum atomic E-state index is -0.806. The number of hydrogen-bond acceptors (Lipinski definition) is 2. The number of halogens is 2. The molecule has 1 aliphatic carbocycles. The molecule has 1 unspecified atom stereocenters. The second kappa shape index (κ2) is 5.52. The molecule has 0 amide bonds. The summed E-state index contributed by atoms with van der Waals surface area (Å²) in [6, 6.07) is 12.5. The molecule has 2 nitrogen and oxygen atoms in total. The topological polar surface area (TPSA) is 46.2 Å². The lowest BCUT2D eigenvalue weighted by molar-refractivity contribution is 0.0350. The van der Waals surface area contributed by atoms with Crippen LogP contribution in [-0.2, 0) is 12.8 Å². The molecule has 3 rings (SSSR count). The molecule has 1 aliphatic rings. The van der Waals surface area contributed by atoms with E-state index in [1.165, 1.54) is 23.3 Å². The number of benzene rings is 2. The lowest BCUT2D eigenvalue weighted by atomic mass is 9.76. The summed E-state index contributed by atoms with van der Waals surface area (Å²) in [5.74, 6) is -0.352. The molecule has 0 aromatic heterocycles. The second-order valence-electron chi connectivity index (χ2n) is 5.76. The summed E-state index contributed by atoms with van der Waals surface area (Å²) in [5, 5.41) is 10.9. The highest BCUT2D eigenvalue weighted by molar-refractivity contribution is 9.10. The number of fused-ring (bicyclic) bond motifs is 1. The molecule has 21 heavy (non-hydrogen) atoms. The van der Waals surface area contributed by atoms with Crippen molar-refractivity contribution in [2.45, 2.75) is 18.9 Å². The van der Waals surface area contributed by atoms with Crippen LogP contribution in [0.5, 0.6) is 0 Å². The Labute approximate surface area is 131 Å². The Hall–Kier alpha value is -1.23. The molecule has 0 saturated heterocycles. The Balaban J connectivity index is 2.00. The zero-order valence-electron chi connectivity index (χ0n) is 11.5. The highest BCUT2D eigenvalue weighted by atomic mass is 79.9. The normalized spacial score (nSPS) is 17.5. The largest absolute Gasteiger partial charge is 0.388 e. The summed E-state index contributed by atoms with van der Waals surface area (Å²) < 4.78 is 14.2. The lowest BCUT2D eigenvalue weighted by Gasteiger charge is -2.34. The summed E-state index contributed by atoms with van der Waals surface area (Å²) in [5.41, 5.74) is 8.53. The van der Waals surface area contributed by atoms with E-state index < -0.39 is 11.5 Å². The van der Waals surface area contributed by atoms with E-state index in [1.807, 2.05) is 12.1 Å². The summed E-state index contributed by atoms with van der Waals surface area (Å²) in [6.45, 7) is 0.353. The van der Waals surface area contributed by atoms with Crippen LogP contribution in [0.3, 0.4) is 0 Å². The van der Waals surface area contributed by atoms with Crippen molar-refractivity contribution in [3.8, 4) is 0 Å². The van der Waals surface area contributed by atoms with Crippen LogP contribution in [0.1, 0.15) is 22.8 Å². The zero-order chi connectivity index (χ0) is 15.0. The molecule has 0 spiro atoms. The van der Waals surface area contributed by atoms with E-state index in [9.17, 15) is 9.50 Å². The van der Waals surface area contributed by atoms with Crippen molar-refractivity contribution in [3.63, 3.8) is 0 Å². The summed E-state index contributed by atoms with van der Waals surface area (Å²) in [7, 11) is 0. The molecule has 2 aromatic rings. The van der Waals surface area contributed by atoms with Gasteiger partial charge in [-0.1, -0.05) is 40.2 Å². The van der Waals surface area contributed by atoms with Gasteiger partial charge in [0.25, 0.3) is 0 Å². The standard InChI is InChI=1S/C17H17BrFNO/c18-15-6-5-13(19)7-14(15)16(21)17(10-20)8-11-3-1-2-4-12(11)9-17/h1-7,16,21H,8-10,20H2. The highest BCUT2D eigenvalue weighted by Crippen LogP contribution is 2.46. The maximum atomic E-state index is 13.5. The molecule has 0 saturated carbocycles. The summed E-state index contributed by atoms with van der Waals surface area (Å²) in [4.78, 5) is 0. The predicted molar refractivity (Wildman–Crippen MR) is 84.4 cm³/mol. The van der Waals surface area contributed by atoms with Gasteiger partial charge in [-0.25, -0.2) is 4.39 Å². The average molecular weight is 350 g/mol. The van der Waals surface area contributed by atoms with Crippen molar-refractivity contribution in [1.29, 1.82) is 0 Å². The molecule has 0 aliphatic heterocycles. The molecule has 4 heteroatoms. The van der Waals surface area contributed by atoms with Crippen LogP contribution < -0.4 is 5.73 Å². The minimum Gasteiger partial charge on any atom is -0.388 e. The van der Waals surface area contributed by atoms with Crippen molar-refractivity contribution in [3.05, 3.63) is 69.4 Å². The minimum absolute atomic E-state index is 0.352. The van der Waals surface area contributed by atoms with E-state index >= 15 is 0 Å². The molecule has 0 fully saturated rings. The monoisotopic (exact) mass is 349 g/mol. The number of hydrogen-bond donors (Lipinski definition) is 2. The van der Waals surface area contributed by atoms with Crippen LogP contribution in [0, 0.1) is 11.2 Å². The number of aliphatic hydroxyl groups is 1. The van der Waals surface area contributed by atoms with Gasteiger partial charge in [-0.05, 0) is 47.7 Å². The Kier molecular flexibility index (Phi) is 3.86. The van der Waals surface area contributed by atoms with Crippen LogP contribution >= 0.6 is 15.9 Å². The third-order valence-electron chi connectivity index (χ3n) is 4.44. The summed E-state index contributed by atoms with van der Waals surface area (Å²) >= 11 is 3.40. The fraction of sp³-hybridized carbons (Fsp3) is 0.294. The second-order valence-corrected chi connectivity index (χ2v) is 6.61. The zero-order valence-corrected chi connectivity index (χ0v) is 13.1. The van der Waals surface area contributed by atoms with Gasteiger partial charge in [-0.3, -0.25) is 0 Å². The van der Waals surface area contributed by atoms with Gasteiger partial charge in [0.1, 0.15) is 5.82 Å². The van der Waals surface area contributed by atoms with Gasteiger partial charge in [0.05, 0.1) is 6.10 Å². The third-order valence-corrected chi connectivity index (χ3v) is 5.16. The van der Waals surface area contributed by atoms with E-state index in [4.69, 9.17) is 5.73 Å². The van der Waals surface area contributed by atoms with Gasteiger partial charge in [0, 0.05) is 16.4 Å². The Bertz CT molecular complexity index is 649. The molecule has 0 heterocycles. The van der Waals surface area contributed by atoms with E-state index in [0.717, 1.165) is 0 Å². The maximum Gasteiger partial charge on any atom is 0.123 e. The quantitative estimate of drug-likeness (QED) is 0.892. The lowest BCUT2D eigenvalue weighted by Crippen LogP contribution is -2.37. The van der Waals surface area contributed by atoms with Crippen LogP contribution in [0.4, 0.5) is 4.39 Å². The smallest absolute Gasteiger partial charge is 0.123 e. The Morgan fingerprint density at radius 1 is 1.19 bits per heavy atom. The van der Waals surface area contributed by atoms with Gasteiger partial charge < -0.3 is 10.8 Å². The Morgan fingerprint density at radius 3 is 2.38 bits per heavy atom. The van der Waals surface area contributed by atoms with Crippen molar-refractivity contribution >= 4 is 15.9 Å². The molecular formula is C17H17BrFNO. The first-order chi connectivity index (χ1) is 10.1. The molecule has 110 valence electrons. The van der Waals surface area contributed by atoms with E-state index in [0.29, 0.717) is 29.4 Å². The third kappa shape index (κ3) is 2.52. The molecule has 0 bridgehead atoms. The predicted octanol–water partition coefficient (Wildman–Crippen LogP) is 3.37. The van der Waals surface area contributed by atoms with Crippen molar-refractivity contribution < 1.29 is 9.50 Å². The van der Waals surface area contributed by atoms with E-state index in [1.54, 1.807) is 6.07 Å². The van der Waals surface area contributed by atoms with Crippen LogP contribution in [0.2, 0.25) is 0 Å². The van der Waals surface area contributed by atoms with Crippen molar-refractivity contribution in [1.82, 2.24) is 0 Å². The SMILES string of the molecule is NCC1(C(O)c2cc(F)ccc2Br)Cc2ccccc2C1. The van der Waals surface area contributed by atoms with Gasteiger partial charge in [0.2, 0.25) is 0 Å². The van der Waals surface area contributed by atoms with E-state index in [2.05, 4.69) is 28.1 Å². The molecule has 0 radical (unpaired) electrons. The highest BCUT2D eigenvalue weighted by Gasteiger charge is 2.43. The molecular weight excluding hydrogens is 333 g/mol. The van der Waals surface area contributed by atoms with Gasteiger partial charge in [-0.15, -0.1) is 0 Å². The first-order valence-corrected chi connectivity index (χ1v) is 7.75. The van der Waals surface area contributed by atoms with Crippen LogP contribution in [0.15, 0.2) is 46.9 Å². The van der Waals surface area contributed by atoms with E-state index in [-0.39, 0.29) is 5.82 Å². The average Bonchev–Trinajstić information content (AvgIpc) is 2.89. The van der Waals surface area contributed by atoms with Gasteiger partial charge >= 0.3 is 0 Å². The maximum absolute atomic E-state index is 13.5. The number of rotatable bonds is 3. The fourth-order valence-corrected chi connectivity index (χ4v) is 3.69. The van der Waals surface area contributed by atoms with Crippen LogP contribution in [-0.4, -0.2) is 11.7 Å². The molecule has 1 atom stereocenters. The van der Waals surface area contributed by atoms with Crippen molar-refractivity contribution in [2.75, 3.05) is 6.54 Å². The van der Waals surface area contributed by atoms with Gasteiger partial charge in [-0.2, -0.15) is 0 Å². The molecule has 3 N–H and O–H groups in total. The number of nitrogens with two attached hydrogens (primary N) is 1. The number of aliphatic hydroxyl groups excluding tert-OH is 1. The van der Waals surface area contributed by atoms with Crippen molar-refractivity contribution in [2.24, 2.45) is 11.1 Å². The Morgan fingerprint density at radius 2 is 1.81 bits per heavy atom. The first-order valence-electron chi connectivity index (χ1n) is 6.95.